The molecule has 1 heterocycles. The van der Waals surface area contributed by atoms with Gasteiger partial charge in [0.05, 0.1) is 0 Å². The monoisotopic (exact) mass is 301 g/mol. The quantitative estimate of drug-likeness (QED) is 0.787. The van der Waals surface area contributed by atoms with Crippen molar-refractivity contribution in [3.63, 3.8) is 0 Å². The van der Waals surface area contributed by atoms with Gasteiger partial charge in [-0.3, -0.25) is 9.00 Å². The Kier molecular flexibility index (Phi) is 3.75. The molecule has 3 aromatic rings. The topological polar surface area (TPSA) is 73.3 Å². The number of hydrogen-bond acceptors (Lipinski definition) is 3. The van der Waals surface area contributed by atoms with Crippen LogP contribution in [0.4, 0.5) is 0 Å². The number of rotatable bonds is 5. The molecule has 2 N–H and O–H groups in total. The molecule has 0 spiro atoms. The molecule has 0 aliphatic carbocycles. The van der Waals surface area contributed by atoms with Gasteiger partial charge in [0.2, 0.25) is 5.91 Å². The fraction of sp³-hybridized carbons (Fsp3) is 0.188. The predicted octanol–water partition coefficient (Wildman–Crippen LogP) is 2.71. The molecule has 0 radical (unpaired) electrons. The van der Waals surface area contributed by atoms with E-state index in [0.29, 0.717) is 11.5 Å². The van der Waals surface area contributed by atoms with E-state index < -0.39 is 16.7 Å². The second kappa shape index (κ2) is 5.69. The highest BCUT2D eigenvalue weighted by Gasteiger charge is 2.09. The lowest BCUT2D eigenvalue weighted by atomic mass is 10.1. The van der Waals surface area contributed by atoms with Gasteiger partial charge in [-0.2, -0.15) is 0 Å². The fourth-order valence-electron chi connectivity index (χ4n) is 2.34. The van der Waals surface area contributed by atoms with Crippen LogP contribution >= 0.6 is 0 Å². The van der Waals surface area contributed by atoms with E-state index >= 15 is 0 Å². The molecule has 108 valence electrons. The van der Waals surface area contributed by atoms with E-state index in [0.717, 1.165) is 27.5 Å². The third-order valence-corrected chi connectivity index (χ3v) is 4.66. The molecule has 0 aliphatic heterocycles. The number of fused-ring (bicyclic) bond motifs is 3. The van der Waals surface area contributed by atoms with Crippen molar-refractivity contribution < 1.29 is 13.4 Å². The number of para-hydroxylation sites is 1. The Morgan fingerprint density at radius 2 is 1.86 bits per heavy atom. The van der Waals surface area contributed by atoms with Crippen LogP contribution in [0.25, 0.3) is 21.9 Å². The van der Waals surface area contributed by atoms with Crippen LogP contribution in [-0.4, -0.2) is 15.9 Å². The minimum Gasteiger partial charge on any atom is -0.456 e. The van der Waals surface area contributed by atoms with Gasteiger partial charge in [0.25, 0.3) is 0 Å². The van der Waals surface area contributed by atoms with Crippen LogP contribution < -0.4 is 5.73 Å². The number of primary amides is 1. The molecule has 0 fully saturated rings. The van der Waals surface area contributed by atoms with Crippen LogP contribution in [0.5, 0.6) is 0 Å². The molecule has 5 heteroatoms. The summed E-state index contributed by atoms with van der Waals surface area (Å²) in [6.07, 6.45) is 0.156. The van der Waals surface area contributed by atoms with Crippen molar-refractivity contribution in [2.75, 3.05) is 5.75 Å². The molecule has 1 amide bonds. The highest BCUT2D eigenvalue weighted by atomic mass is 32.2. The number of amides is 1. The van der Waals surface area contributed by atoms with Crippen LogP contribution in [0.15, 0.2) is 46.9 Å². The Morgan fingerprint density at radius 1 is 1.10 bits per heavy atom. The summed E-state index contributed by atoms with van der Waals surface area (Å²) in [4.78, 5) is 10.7. The molecule has 0 aliphatic rings. The molecule has 1 aromatic heterocycles. The molecular formula is C16H15NO3S. The zero-order chi connectivity index (χ0) is 14.8. The SMILES string of the molecule is NC(=O)CC[S@@](=O)Cc1ccc2oc3ccccc3c2c1. The summed E-state index contributed by atoms with van der Waals surface area (Å²) in [7, 11) is -1.09. The van der Waals surface area contributed by atoms with E-state index in [-0.39, 0.29) is 6.42 Å². The van der Waals surface area contributed by atoms with Crippen LogP contribution in [0.3, 0.4) is 0 Å². The maximum atomic E-state index is 11.9. The molecule has 3 rings (SSSR count). The molecule has 1 atom stereocenters. The van der Waals surface area contributed by atoms with Crippen molar-refractivity contribution in [2.45, 2.75) is 12.2 Å². The third kappa shape index (κ3) is 2.97. The third-order valence-electron chi connectivity index (χ3n) is 3.34. The van der Waals surface area contributed by atoms with Crippen LogP contribution in [0, 0.1) is 0 Å². The Bertz CT molecular complexity index is 838. The first kappa shape index (κ1) is 13.8. The smallest absolute Gasteiger partial charge is 0.218 e. The second-order valence-electron chi connectivity index (χ2n) is 4.93. The number of nitrogens with two attached hydrogens (primary N) is 1. The minimum atomic E-state index is -1.09. The van der Waals surface area contributed by atoms with Crippen molar-refractivity contribution in [1.82, 2.24) is 0 Å². The Morgan fingerprint density at radius 3 is 2.67 bits per heavy atom. The zero-order valence-electron chi connectivity index (χ0n) is 11.4. The Labute approximate surface area is 124 Å². The lowest BCUT2D eigenvalue weighted by Crippen LogP contribution is -2.14. The summed E-state index contributed by atoms with van der Waals surface area (Å²) in [6.45, 7) is 0. The maximum Gasteiger partial charge on any atom is 0.218 e. The maximum absolute atomic E-state index is 11.9. The van der Waals surface area contributed by atoms with E-state index in [9.17, 15) is 9.00 Å². The van der Waals surface area contributed by atoms with Crippen molar-refractivity contribution >= 4 is 38.6 Å². The number of benzene rings is 2. The van der Waals surface area contributed by atoms with E-state index in [1.165, 1.54) is 0 Å². The number of furan rings is 1. The molecule has 0 bridgehead atoms. The molecule has 21 heavy (non-hydrogen) atoms. The minimum absolute atomic E-state index is 0.156. The molecule has 4 nitrogen and oxygen atoms in total. The van der Waals surface area contributed by atoms with Gasteiger partial charge in [0.1, 0.15) is 11.2 Å². The molecular weight excluding hydrogens is 286 g/mol. The van der Waals surface area contributed by atoms with Crippen molar-refractivity contribution in [3.05, 3.63) is 48.0 Å². The lowest BCUT2D eigenvalue weighted by Gasteiger charge is -2.01. The average Bonchev–Trinajstić information content (AvgIpc) is 2.83. The highest BCUT2D eigenvalue weighted by Crippen LogP contribution is 2.29. The van der Waals surface area contributed by atoms with Crippen molar-refractivity contribution in [3.8, 4) is 0 Å². The highest BCUT2D eigenvalue weighted by molar-refractivity contribution is 7.84. The van der Waals surface area contributed by atoms with Gasteiger partial charge >= 0.3 is 0 Å². The van der Waals surface area contributed by atoms with E-state index in [2.05, 4.69) is 0 Å². The van der Waals surface area contributed by atoms with Gasteiger partial charge in [0.15, 0.2) is 0 Å². The Hall–Kier alpha value is -2.14. The summed E-state index contributed by atoms with van der Waals surface area (Å²) in [5.41, 5.74) is 7.71. The first-order chi connectivity index (χ1) is 10.1. The average molecular weight is 301 g/mol. The first-order valence-corrected chi connectivity index (χ1v) is 8.16. The van der Waals surface area contributed by atoms with Crippen molar-refractivity contribution in [1.29, 1.82) is 0 Å². The van der Waals surface area contributed by atoms with Gasteiger partial charge in [-0.05, 0) is 23.8 Å². The number of carbonyl (C=O) groups is 1. The van der Waals surface area contributed by atoms with E-state index in [4.69, 9.17) is 10.2 Å². The summed E-state index contributed by atoms with van der Waals surface area (Å²) < 4.78 is 17.7. The molecule has 0 saturated heterocycles. The normalized spacial score (nSPS) is 12.8. The zero-order valence-corrected chi connectivity index (χ0v) is 12.2. The molecule has 2 aromatic carbocycles. The lowest BCUT2D eigenvalue weighted by molar-refractivity contribution is -0.117. The van der Waals surface area contributed by atoms with Crippen molar-refractivity contribution in [2.24, 2.45) is 5.73 Å². The van der Waals surface area contributed by atoms with Crippen LogP contribution in [0.2, 0.25) is 0 Å². The van der Waals surface area contributed by atoms with E-state index in [1.54, 1.807) is 0 Å². The molecule has 0 unspecified atom stereocenters. The fourth-order valence-corrected chi connectivity index (χ4v) is 3.46. The van der Waals surface area contributed by atoms with Gasteiger partial charge in [-0.1, -0.05) is 24.3 Å². The summed E-state index contributed by atoms with van der Waals surface area (Å²) >= 11 is 0. The number of carbonyl (C=O) groups excluding carboxylic acids is 1. The summed E-state index contributed by atoms with van der Waals surface area (Å²) in [6, 6.07) is 13.7. The van der Waals surface area contributed by atoms with Gasteiger partial charge in [0, 0.05) is 39.5 Å². The Balaban J connectivity index is 1.88. The number of hydrogen-bond donors (Lipinski definition) is 1. The standard InChI is InChI=1S/C16H15NO3S/c17-16(18)7-8-21(19)10-11-5-6-15-13(9-11)12-3-1-2-4-14(12)20-15/h1-6,9H,7-8,10H2,(H2,17,18)/t21-/m1/s1. The van der Waals surface area contributed by atoms with Gasteiger partial charge in [-0.15, -0.1) is 0 Å². The molecule has 0 saturated carbocycles. The largest absolute Gasteiger partial charge is 0.456 e. The van der Waals surface area contributed by atoms with Crippen LogP contribution in [0.1, 0.15) is 12.0 Å². The summed E-state index contributed by atoms with van der Waals surface area (Å²) in [5.74, 6) is 0.307. The predicted molar refractivity (Wildman–Crippen MR) is 84.2 cm³/mol. The summed E-state index contributed by atoms with van der Waals surface area (Å²) in [5, 5.41) is 2.08. The van der Waals surface area contributed by atoms with E-state index in [1.807, 2.05) is 42.5 Å². The first-order valence-electron chi connectivity index (χ1n) is 6.67. The van der Waals surface area contributed by atoms with Gasteiger partial charge in [-0.25, -0.2) is 0 Å². The second-order valence-corrected chi connectivity index (χ2v) is 6.51. The van der Waals surface area contributed by atoms with Gasteiger partial charge < -0.3 is 10.2 Å². The van der Waals surface area contributed by atoms with Crippen LogP contribution in [-0.2, 0) is 21.3 Å².